The molecule has 0 saturated carbocycles. The number of para-hydroxylation sites is 1. The molecule has 3 rings (SSSR count). The fraction of sp³-hybridized carbons (Fsp3) is 0.100. The summed E-state index contributed by atoms with van der Waals surface area (Å²) in [5.41, 5.74) is 9.60. The molecule has 4 nitrogen and oxygen atoms in total. The Morgan fingerprint density at radius 2 is 1.92 bits per heavy atom. The normalized spacial score (nSPS) is 10.3. The summed E-state index contributed by atoms with van der Waals surface area (Å²) in [6, 6.07) is 19.5. The minimum atomic E-state index is 0.210. The number of rotatable bonds is 4. The van der Waals surface area contributed by atoms with E-state index in [1.165, 1.54) is 0 Å². The van der Waals surface area contributed by atoms with Gasteiger partial charge in [0.2, 0.25) is 0 Å². The largest absolute Gasteiger partial charge is 0.493 e. The van der Waals surface area contributed by atoms with Crippen molar-refractivity contribution in [3.05, 3.63) is 64.6 Å². The second-order valence-corrected chi connectivity index (χ2v) is 6.28. The van der Waals surface area contributed by atoms with Gasteiger partial charge in [0, 0.05) is 21.2 Å². The predicted molar refractivity (Wildman–Crippen MR) is 103 cm³/mol. The van der Waals surface area contributed by atoms with Crippen molar-refractivity contribution in [2.45, 2.75) is 6.92 Å². The van der Waals surface area contributed by atoms with Gasteiger partial charge < -0.3 is 10.5 Å². The third-order valence-electron chi connectivity index (χ3n) is 3.76. The van der Waals surface area contributed by atoms with Crippen molar-refractivity contribution in [3.8, 4) is 34.2 Å². The van der Waals surface area contributed by atoms with Crippen LogP contribution in [0.1, 0.15) is 12.5 Å². The Labute approximate surface area is 155 Å². The first-order valence-corrected chi connectivity index (χ1v) is 8.62. The zero-order valence-electron chi connectivity index (χ0n) is 13.7. The molecule has 2 aromatic carbocycles. The summed E-state index contributed by atoms with van der Waals surface area (Å²) in [5.74, 6) is 0.925. The van der Waals surface area contributed by atoms with Gasteiger partial charge in [-0.15, -0.1) is 0 Å². The number of hydrogen-bond donors (Lipinski definition) is 1. The average Bonchev–Trinajstić information content (AvgIpc) is 2.62. The molecule has 0 fully saturated rings. The highest BCUT2D eigenvalue weighted by atomic mass is 79.9. The predicted octanol–water partition coefficient (Wildman–Crippen LogP) is 5.03. The van der Waals surface area contributed by atoms with E-state index in [2.05, 4.69) is 27.0 Å². The first kappa shape index (κ1) is 17.0. The van der Waals surface area contributed by atoms with Crippen molar-refractivity contribution in [1.82, 2.24) is 4.98 Å². The van der Waals surface area contributed by atoms with Crippen molar-refractivity contribution in [2.75, 3.05) is 12.3 Å². The maximum Gasteiger partial charge on any atom is 0.142 e. The summed E-state index contributed by atoms with van der Waals surface area (Å²) in [6.45, 7) is 2.47. The Morgan fingerprint density at radius 3 is 2.64 bits per heavy atom. The standard InChI is InChI=1S/C20H16BrN3O/c1-2-25-19-9-4-3-8-15(19)16-11-18(24-20(23)17(16)12-22)13-6-5-7-14(21)10-13/h3-11H,2H2,1H3,(H2,23,24). The van der Waals surface area contributed by atoms with Crippen LogP contribution in [-0.2, 0) is 0 Å². The highest BCUT2D eigenvalue weighted by Crippen LogP contribution is 2.36. The number of aromatic nitrogens is 1. The van der Waals surface area contributed by atoms with Crippen LogP contribution in [0.15, 0.2) is 59.1 Å². The van der Waals surface area contributed by atoms with Crippen molar-refractivity contribution >= 4 is 21.7 Å². The van der Waals surface area contributed by atoms with Gasteiger partial charge in [-0.05, 0) is 31.2 Å². The van der Waals surface area contributed by atoms with Crippen molar-refractivity contribution in [1.29, 1.82) is 5.26 Å². The van der Waals surface area contributed by atoms with Crippen LogP contribution in [0.2, 0.25) is 0 Å². The molecule has 1 aromatic heterocycles. The highest BCUT2D eigenvalue weighted by molar-refractivity contribution is 9.10. The molecule has 0 amide bonds. The molecule has 0 spiro atoms. The third kappa shape index (κ3) is 3.49. The van der Waals surface area contributed by atoms with Crippen molar-refractivity contribution in [2.24, 2.45) is 0 Å². The molecule has 0 aliphatic carbocycles. The van der Waals surface area contributed by atoms with Gasteiger partial charge in [0.25, 0.3) is 0 Å². The summed E-state index contributed by atoms with van der Waals surface area (Å²) >= 11 is 3.47. The van der Waals surface area contributed by atoms with Gasteiger partial charge in [0.05, 0.1) is 12.3 Å². The number of nitrogens with two attached hydrogens (primary N) is 1. The Hall–Kier alpha value is -2.84. The quantitative estimate of drug-likeness (QED) is 0.674. The molecular weight excluding hydrogens is 378 g/mol. The summed E-state index contributed by atoms with van der Waals surface area (Å²) in [6.07, 6.45) is 0. The summed E-state index contributed by atoms with van der Waals surface area (Å²) in [5, 5.41) is 9.57. The van der Waals surface area contributed by atoms with E-state index >= 15 is 0 Å². The number of nitrogens with zero attached hydrogens (tertiary/aromatic N) is 2. The number of nitrogen functional groups attached to an aromatic ring is 1. The van der Waals surface area contributed by atoms with Gasteiger partial charge >= 0.3 is 0 Å². The highest BCUT2D eigenvalue weighted by Gasteiger charge is 2.16. The van der Waals surface area contributed by atoms with Gasteiger partial charge in [-0.2, -0.15) is 5.26 Å². The van der Waals surface area contributed by atoms with E-state index in [0.717, 1.165) is 15.6 Å². The van der Waals surface area contributed by atoms with E-state index in [-0.39, 0.29) is 5.82 Å². The van der Waals surface area contributed by atoms with Crippen LogP contribution >= 0.6 is 15.9 Å². The molecule has 0 bridgehead atoms. The fourth-order valence-electron chi connectivity index (χ4n) is 2.66. The van der Waals surface area contributed by atoms with Crippen molar-refractivity contribution < 1.29 is 4.74 Å². The SMILES string of the molecule is CCOc1ccccc1-c1cc(-c2cccc(Br)c2)nc(N)c1C#N. The molecule has 124 valence electrons. The monoisotopic (exact) mass is 393 g/mol. The molecule has 5 heteroatoms. The van der Waals surface area contributed by atoms with Crippen LogP contribution < -0.4 is 10.5 Å². The second kappa shape index (κ2) is 7.37. The number of hydrogen-bond acceptors (Lipinski definition) is 4. The molecular formula is C20H16BrN3O. The van der Waals surface area contributed by atoms with E-state index < -0.39 is 0 Å². The van der Waals surface area contributed by atoms with E-state index in [1.54, 1.807) is 0 Å². The number of benzene rings is 2. The van der Waals surface area contributed by atoms with Gasteiger partial charge in [-0.25, -0.2) is 4.98 Å². The fourth-order valence-corrected chi connectivity index (χ4v) is 3.06. The number of anilines is 1. The molecule has 0 atom stereocenters. The smallest absolute Gasteiger partial charge is 0.142 e. The van der Waals surface area contributed by atoms with E-state index in [1.807, 2.05) is 61.5 Å². The zero-order valence-corrected chi connectivity index (χ0v) is 15.2. The molecule has 1 heterocycles. The van der Waals surface area contributed by atoms with Crippen LogP contribution in [-0.4, -0.2) is 11.6 Å². The maximum absolute atomic E-state index is 9.57. The molecule has 2 N–H and O–H groups in total. The molecule has 0 saturated heterocycles. The first-order valence-electron chi connectivity index (χ1n) is 7.82. The van der Waals surface area contributed by atoms with Gasteiger partial charge in [-0.1, -0.05) is 46.3 Å². The second-order valence-electron chi connectivity index (χ2n) is 5.37. The van der Waals surface area contributed by atoms with Crippen LogP contribution in [0.5, 0.6) is 5.75 Å². The van der Waals surface area contributed by atoms with Crippen LogP contribution in [0.3, 0.4) is 0 Å². The van der Waals surface area contributed by atoms with Crippen LogP contribution in [0.4, 0.5) is 5.82 Å². The lowest BCUT2D eigenvalue weighted by atomic mass is 9.97. The molecule has 3 aromatic rings. The molecule has 0 aliphatic heterocycles. The van der Waals surface area contributed by atoms with E-state index in [0.29, 0.717) is 29.2 Å². The number of nitriles is 1. The maximum atomic E-state index is 9.57. The van der Waals surface area contributed by atoms with E-state index in [9.17, 15) is 5.26 Å². The summed E-state index contributed by atoms with van der Waals surface area (Å²) in [7, 11) is 0. The Morgan fingerprint density at radius 1 is 1.12 bits per heavy atom. The van der Waals surface area contributed by atoms with E-state index in [4.69, 9.17) is 10.5 Å². The lowest BCUT2D eigenvalue weighted by Gasteiger charge is -2.14. The summed E-state index contributed by atoms with van der Waals surface area (Å²) in [4.78, 5) is 4.41. The van der Waals surface area contributed by atoms with Gasteiger partial charge in [0.1, 0.15) is 23.2 Å². The Kier molecular flexibility index (Phi) is 5.01. The molecule has 0 unspecified atom stereocenters. The van der Waals surface area contributed by atoms with Crippen LogP contribution in [0.25, 0.3) is 22.4 Å². The van der Waals surface area contributed by atoms with Crippen LogP contribution in [0, 0.1) is 11.3 Å². The minimum Gasteiger partial charge on any atom is -0.493 e. The Balaban J connectivity index is 2.24. The lowest BCUT2D eigenvalue weighted by Crippen LogP contribution is -2.01. The van der Waals surface area contributed by atoms with Crippen molar-refractivity contribution in [3.63, 3.8) is 0 Å². The van der Waals surface area contributed by atoms with Gasteiger partial charge in [0.15, 0.2) is 0 Å². The van der Waals surface area contributed by atoms with Gasteiger partial charge in [-0.3, -0.25) is 0 Å². The zero-order chi connectivity index (χ0) is 17.8. The molecule has 25 heavy (non-hydrogen) atoms. The number of halogens is 1. The Bertz CT molecular complexity index is 963. The minimum absolute atomic E-state index is 0.210. The number of ether oxygens (including phenoxy) is 1. The molecule has 0 radical (unpaired) electrons. The average molecular weight is 394 g/mol. The third-order valence-corrected chi connectivity index (χ3v) is 4.25. The first-order chi connectivity index (χ1) is 12.1. The topological polar surface area (TPSA) is 71.9 Å². The lowest BCUT2D eigenvalue weighted by molar-refractivity contribution is 0.341. The summed E-state index contributed by atoms with van der Waals surface area (Å²) < 4.78 is 6.67. The molecule has 0 aliphatic rings. The number of pyridine rings is 1.